The topological polar surface area (TPSA) is 91.0 Å². The van der Waals surface area contributed by atoms with Gasteiger partial charge < -0.3 is 19.9 Å². The molecule has 0 spiro atoms. The monoisotopic (exact) mass is 398 g/mol. The van der Waals surface area contributed by atoms with Crippen molar-refractivity contribution in [3.05, 3.63) is 23.0 Å². The van der Waals surface area contributed by atoms with Crippen molar-refractivity contribution in [3.63, 3.8) is 0 Å². The third-order valence-electron chi connectivity index (χ3n) is 4.70. The number of hydrogen-bond acceptors (Lipinski definition) is 5. The molecule has 2 N–H and O–H groups in total. The Balaban J connectivity index is 1.53. The van der Waals surface area contributed by atoms with Crippen LogP contribution in [0.3, 0.4) is 0 Å². The summed E-state index contributed by atoms with van der Waals surface area (Å²) in [6.07, 6.45) is 0.440. The summed E-state index contributed by atoms with van der Waals surface area (Å²) in [7, 11) is 1.38. The molecule has 0 aromatic heterocycles. The number of piperazine rings is 1. The van der Waals surface area contributed by atoms with Crippen molar-refractivity contribution >= 4 is 35.1 Å². The summed E-state index contributed by atoms with van der Waals surface area (Å²) in [6, 6.07) is 1.94. The van der Waals surface area contributed by atoms with E-state index in [4.69, 9.17) is 16.3 Å². The predicted molar refractivity (Wildman–Crippen MR) is 96.5 cm³/mol. The second-order valence-electron chi connectivity index (χ2n) is 6.37. The molecule has 1 aromatic carbocycles. The van der Waals surface area contributed by atoms with Crippen molar-refractivity contribution < 1.29 is 23.5 Å². The number of anilines is 1. The van der Waals surface area contributed by atoms with Crippen molar-refractivity contribution in [2.45, 2.75) is 18.9 Å². The summed E-state index contributed by atoms with van der Waals surface area (Å²) in [6.45, 7) is 2.13. The zero-order valence-corrected chi connectivity index (χ0v) is 15.5. The number of hydrogen-bond donors (Lipinski definition) is 2. The van der Waals surface area contributed by atoms with Crippen LogP contribution in [0.15, 0.2) is 12.1 Å². The first-order chi connectivity index (χ1) is 12.9. The number of carbonyl (C=O) groups excluding carboxylic acids is 3. The highest BCUT2D eigenvalue weighted by Crippen LogP contribution is 2.31. The van der Waals surface area contributed by atoms with Gasteiger partial charge in [0, 0.05) is 44.4 Å². The maximum absolute atomic E-state index is 13.8. The molecule has 3 rings (SSSR count). The number of rotatable bonds is 5. The van der Waals surface area contributed by atoms with Crippen LogP contribution in [0.5, 0.6) is 5.75 Å². The highest BCUT2D eigenvalue weighted by atomic mass is 35.5. The third kappa shape index (κ3) is 4.24. The second kappa shape index (κ2) is 7.99. The minimum Gasteiger partial charge on any atom is -0.494 e. The molecule has 4 amide bonds. The molecule has 146 valence electrons. The van der Waals surface area contributed by atoms with Gasteiger partial charge in [0.05, 0.1) is 12.1 Å². The van der Waals surface area contributed by atoms with Crippen LogP contribution in [-0.4, -0.2) is 62.1 Å². The number of ether oxygens (including phenoxy) is 1. The van der Waals surface area contributed by atoms with Crippen LogP contribution in [0.1, 0.15) is 12.8 Å². The lowest BCUT2D eigenvalue weighted by Crippen LogP contribution is -2.49. The fourth-order valence-corrected chi connectivity index (χ4v) is 3.39. The Bertz CT molecular complexity index is 768. The van der Waals surface area contributed by atoms with Gasteiger partial charge in [-0.3, -0.25) is 14.9 Å². The number of methoxy groups -OCH3 is 1. The van der Waals surface area contributed by atoms with Crippen LogP contribution in [0.2, 0.25) is 5.02 Å². The van der Waals surface area contributed by atoms with E-state index in [1.165, 1.54) is 13.2 Å². The van der Waals surface area contributed by atoms with Crippen molar-refractivity contribution in [2.75, 3.05) is 38.2 Å². The first kappa shape index (κ1) is 19.2. The number of urea groups is 1. The van der Waals surface area contributed by atoms with Crippen LogP contribution >= 0.6 is 11.6 Å². The average Bonchev–Trinajstić information content (AvgIpc) is 2.99. The summed E-state index contributed by atoms with van der Waals surface area (Å²) in [5.41, 5.74) is 0.732. The van der Waals surface area contributed by atoms with E-state index < -0.39 is 23.8 Å². The molecular weight excluding hydrogens is 379 g/mol. The van der Waals surface area contributed by atoms with E-state index in [1.807, 2.05) is 4.90 Å². The van der Waals surface area contributed by atoms with Gasteiger partial charge in [0.1, 0.15) is 6.04 Å². The molecule has 0 bridgehead atoms. The number of imide groups is 1. The van der Waals surface area contributed by atoms with Crippen LogP contribution in [-0.2, 0) is 9.59 Å². The highest BCUT2D eigenvalue weighted by molar-refractivity contribution is 6.31. The van der Waals surface area contributed by atoms with Gasteiger partial charge in [0.25, 0.3) is 5.91 Å². The van der Waals surface area contributed by atoms with E-state index in [2.05, 4.69) is 10.6 Å². The van der Waals surface area contributed by atoms with Gasteiger partial charge in [-0.2, -0.15) is 0 Å². The fourth-order valence-electron chi connectivity index (χ4n) is 3.18. The molecule has 27 heavy (non-hydrogen) atoms. The Morgan fingerprint density at radius 1 is 1.30 bits per heavy atom. The first-order valence-electron chi connectivity index (χ1n) is 8.56. The van der Waals surface area contributed by atoms with Crippen molar-refractivity contribution in [2.24, 2.45) is 0 Å². The minimum atomic E-state index is -0.656. The quantitative estimate of drug-likeness (QED) is 0.725. The molecule has 1 unspecified atom stereocenters. The first-order valence-corrected chi connectivity index (χ1v) is 8.94. The zero-order valence-electron chi connectivity index (χ0n) is 14.8. The third-order valence-corrected chi connectivity index (χ3v) is 4.98. The molecule has 2 fully saturated rings. The number of nitrogens with one attached hydrogen (secondary N) is 2. The molecule has 0 radical (unpaired) electrons. The molecule has 2 heterocycles. The normalized spacial score (nSPS) is 19.7. The Labute approximate surface area is 160 Å². The summed E-state index contributed by atoms with van der Waals surface area (Å²) in [5.74, 6) is -0.995. The molecule has 1 atom stereocenters. The number of halogens is 2. The van der Waals surface area contributed by atoms with Crippen LogP contribution in [0.25, 0.3) is 0 Å². The van der Waals surface area contributed by atoms with E-state index in [0.29, 0.717) is 26.2 Å². The molecule has 8 nitrogen and oxygen atoms in total. The van der Waals surface area contributed by atoms with Crippen LogP contribution < -0.4 is 20.3 Å². The van der Waals surface area contributed by atoms with Gasteiger partial charge in [0.15, 0.2) is 11.6 Å². The molecule has 0 saturated carbocycles. The molecule has 2 aliphatic rings. The van der Waals surface area contributed by atoms with Crippen molar-refractivity contribution in [3.8, 4) is 5.75 Å². The van der Waals surface area contributed by atoms with E-state index in [1.54, 1.807) is 11.0 Å². The molecule has 2 aliphatic heterocycles. The smallest absolute Gasteiger partial charge is 0.322 e. The van der Waals surface area contributed by atoms with E-state index >= 15 is 0 Å². The maximum atomic E-state index is 13.8. The van der Waals surface area contributed by atoms with Gasteiger partial charge in [-0.1, -0.05) is 11.6 Å². The Morgan fingerprint density at radius 3 is 2.59 bits per heavy atom. The van der Waals surface area contributed by atoms with Crippen LogP contribution in [0, 0.1) is 5.82 Å². The van der Waals surface area contributed by atoms with Gasteiger partial charge in [0.2, 0.25) is 5.91 Å². The standard InChI is InChI=1S/C17H20ClFN4O4/c1-27-13-9-10(8-11(18)15(13)19)22-4-6-23(7-5-22)14(24)3-2-12-16(25)21-17(26)20-12/h8-9,12H,2-7H2,1H3,(H2,20,21,25,26). The molecular formula is C17H20ClFN4O4. The van der Waals surface area contributed by atoms with Gasteiger partial charge >= 0.3 is 6.03 Å². The summed E-state index contributed by atoms with van der Waals surface area (Å²) >= 11 is 5.91. The lowest BCUT2D eigenvalue weighted by Gasteiger charge is -2.36. The Hall–Kier alpha value is -2.55. The molecule has 0 aliphatic carbocycles. The van der Waals surface area contributed by atoms with Crippen LogP contribution in [0.4, 0.5) is 14.9 Å². The average molecular weight is 399 g/mol. The van der Waals surface area contributed by atoms with E-state index in [9.17, 15) is 18.8 Å². The van der Waals surface area contributed by atoms with Gasteiger partial charge in [-0.25, -0.2) is 9.18 Å². The predicted octanol–water partition coefficient (Wildman–Crippen LogP) is 1.12. The molecule has 10 heteroatoms. The zero-order chi connectivity index (χ0) is 19.6. The van der Waals surface area contributed by atoms with Crippen molar-refractivity contribution in [1.29, 1.82) is 0 Å². The highest BCUT2D eigenvalue weighted by Gasteiger charge is 2.30. The summed E-state index contributed by atoms with van der Waals surface area (Å²) in [4.78, 5) is 38.7. The fraction of sp³-hybridized carbons (Fsp3) is 0.471. The minimum absolute atomic E-state index is 0.0141. The lowest BCUT2D eigenvalue weighted by molar-refractivity contribution is -0.131. The largest absolute Gasteiger partial charge is 0.494 e. The van der Waals surface area contributed by atoms with Gasteiger partial charge in [-0.05, 0) is 12.5 Å². The van der Waals surface area contributed by atoms with E-state index in [-0.39, 0.29) is 29.5 Å². The maximum Gasteiger partial charge on any atom is 0.322 e. The van der Waals surface area contributed by atoms with E-state index in [0.717, 1.165) is 5.69 Å². The number of carbonyl (C=O) groups is 3. The number of nitrogens with zero attached hydrogens (tertiary/aromatic N) is 2. The van der Waals surface area contributed by atoms with Gasteiger partial charge in [-0.15, -0.1) is 0 Å². The SMILES string of the molecule is COc1cc(N2CCN(C(=O)CCC3NC(=O)NC3=O)CC2)cc(Cl)c1F. The lowest BCUT2D eigenvalue weighted by atomic mass is 10.1. The number of amides is 4. The number of benzene rings is 1. The molecule has 2 saturated heterocycles. The summed E-state index contributed by atoms with van der Waals surface area (Å²) < 4.78 is 18.8. The second-order valence-corrected chi connectivity index (χ2v) is 6.77. The summed E-state index contributed by atoms with van der Waals surface area (Å²) in [5, 5.41) is 4.61. The molecule has 1 aromatic rings. The van der Waals surface area contributed by atoms with Crippen molar-refractivity contribution in [1.82, 2.24) is 15.5 Å². The Kier molecular flexibility index (Phi) is 5.69. The Morgan fingerprint density at radius 2 is 2.00 bits per heavy atom.